The zero-order valence-corrected chi connectivity index (χ0v) is 20.5. The molecule has 9 nitrogen and oxygen atoms in total. The van der Waals surface area contributed by atoms with Crippen molar-refractivity contribution in [2.45, 2.75) is 17.4 Å². The number of rotatable bonds is 8. The summed E-state index contributed by atoms with van der Waals surface area (Å²) < 4.78 is 44.2. The molecule has 0 bridgehead atoms. The number of aliphatic carboxylic acids is 1. The second-order valence-electron chi connectivity index (χ2n) is 8.77. The van der Waals surface area contributed by atoms with E-state index in [0.29, 0.717) is 13.0 Å². The van der Waals surface area contributed by atoms with Gasteiger partial charge in [-0.15, -0.1) is 0 Å². The van der Waals surface area contributed by atoms with Crippen LogP contribution in [0.15, 0.2) is 70.2 Å². The Hall–Kier alpha value is -3.18. The van der Waals surface area contributed by atoms with Crippen LogP contribution in [0.1, 0.15) is 17.4 Å². The number of fused-ring (bicyclic) bond motifs is 1. The van der Waals surface area contributed by atoms with Crippen LogP contribution in [0.4, 0.5) is 0 Å². The summed E-state index contributed by atoms with van der Waals surface area (Å²) in [6.07, 6.45) is 1.79. The Labute approximate surface area is 209 Å². The van der Waals surface area contributed by atoms with Crippen LogP contribution in [0, 0.1) is 0 Å². The maximum atomic E-state index is 13.3. The molecule has 2 aliphatic heterocycles. The molecule has 3 heterocycles. The monoisotopic (exact) mass is 512 g/mol. The molecule has 0 spiro atoms. The van der Waals surface area contributed by atoms with E-state index in [9.17, 15) is 18.3 Å². The van der Waals surface area contributed by atoms with Crippen LogP contribution < -0.4 is 4.74 Å². The smallest absolute Gasteiger partial charge is 0.329 e. The molecule has 3 aromatic rings. The van der Waals surface area contributed by atoms with Gasteiger partial charge >= 0.3 is 5.97 Å². The van der Waals surface area contributed by atoms with Gasteiger partial charge in [0.15, 0.2) is 6.04 Å². The molecule has 0 aliphatic carbocycles. The third kappa shape index (κ3) is 5.03. The number of ether oxygens (including phenoxy) is 2. The third-order valence-corrected chi connectivity index (χ3v) is 8.46. The Bertz CT molecular complexity index is 1300. The average molecular weight is 513 g/mol. The van der Waals surface area contributed by atoms with E-state index in [1.807, 2.05) is 24.3 Å². The number of benzene rings is 2. The van der Waals surface area contributed by atoms with Gasteiger partial charge in [0.1, 0.15) is 18.1 Å². The van der Waals surface area contributed by atoms with Crippen molar-refractivity contribution in [2.24, 2.45) is 0 Å². The normalized spacial score (nSPS) is 19.1. The number of morpholine rings is 1. The van der Waals surface area contributed by atoms with Crippen molar-refractivity contribution in [3.05, 3.63) is 72.2 Å². The van der Waals surface area contributed by atoms with Crippen molar-refractivity contribution in [1.29, 1.82) is 0 Å². The summed E-state index contributed by atoms with van der Waals surface area (Å²) in [5, 5.41) is 9.74. The summed E-state index contributed by atoms with van der Waals surface area (Å²) >= 11 is 0. The first kappa shape index (κ1) is 24.5. The molecule has 1 unspecified atom stereocenters. The lowest BCUT2D eigenvalue weighted by Crippen LogP contribution is -2.43. The highest BCUT2D eigenvalue weighted by Gasteiger charge is 2.42. The maximum Gasteiger partial charge on any atom is 0.329 e. The number of hydrogen-bond acceptors (Lipinski definition) is 7. The minimum absolute atomic E-state index is 0.0376. The van der Waals surface area contributed by atoms with Crippen LogP contribution >= 0.6 is 0 Å². The molecule has 36 heavy (non-hydrogen) atoms. The van der Waals surface area contributed by atoms with Gasteiger partial charge in [0, 0.05) is 26.2 Å². The first-order valence-corrected chi connectivity index (χ1v) is 13.3. The molecule has 1 aromatic heterocycles. The second kappa shape index (κ2) is 10.4. The standard InChI is InChI=1S/C26H28N2O7S/c29-26(30)24-25-21(10-15-35-25)9-11-28(24)36(31,32)23-7-3-20(4-8-23)19-1-5-22(6-2-19)34-18-14-27-12-16-33-17-13-27/h1-8,10,15,24H,9,11-14,16-18H2,(H,29,30). The van der Waals surface area contributed by atoms with Gasteiger partial charge in [-0.25, -0.2) is 13.2 Å². The van der Waals surface area contributed by atoms with Crippen molar-refractivity contribution >= 4 is 16.0 Å². The van der Waals surface area contributed by atoms with Crippen molar-refractivity contribution in [1.82, 2.24) is 9.21 Å². The number of carboxylic acids is 1. The van der Waals surface area contributed by atoms with Crippen molar-refractivity contribution < 1.29 is 32.2 Å². The molecule has 0 saturated carbocycles. The molecule has 190 valence electrons. The maximum absolute atomic E-state index is 13.3. The van der Waals surface area contributed by atoms with E-state index in [0.717, 1.165) is 59.6 Å². The largest absolute Gasteiger partial charge is 0.492 e. The zero-order valence-electron chi connectivity index (χ0n) is 19.7. The van der Waals surface area contributed by atoms with E-state index < -0.39 is 22.0 Å². The summed E-state index contributed by atoms with van der Waals surface area (Å²) in [6, 6.07) is 14.4. The summed E-state index contributed by atoms with van der Waals surface area (Å²) in [4.78, 5) is 14.3. The van der Waals surface area contributed by atoms with Gasteiger partial charge in [0.05, 0.1) is 24.4 Å². The van der Waals surface area contributed by atoms with Gasteiger partial charge < -0.3 is 19.0 Å². The number of carboxylic acid groups (broad SMARTS) is 1. The predicted octanol–water partition coefficient (Wildman–Crippen LogP) is 3.03. The Morgan fingerprint density at radius 3 is 2.31 bits per heavy atom. The quantitative estimate of drug-likeness (QED) is 0.491. The van der Waals surface area contributed by atoms with Gasteiger partial charge in [0.2, 0.25) is 10.0 Å². The lowest BCUT2D eigenvalue weighted by Gasteiger charge is -2.31. The third-order valence-electron chi connectivity index (χ3n) is 6.58. The van der Waals surface area contributed by atoms with Crippen LogP contribution in [0.3, 0.4) is 0 Å². The molecule has 10 heteroatoms. The van der Waals surface area contributed by atoms with E-state index >= 15 is 0 Å². The average Bonchev–Trinajstić information content (AvgIpc) is 3.38. The molecule has 0 radical (unpaired) electrons. The van der Waals surface area contributed by atoms with Crippen LogP contribution in [-0.4, -0.2) is 74.7 Å². The van der Waals surface area contributed by atoms with Crippen LogP contribution in [0.25, 0.3) is 11.1 Å². The fourth-order valence-corrected chi connectivity index (χ4v) is 6.14. The van der Waals surface area contributed by atoms with Gasteiger partial charge in [-0.3, -0.25) is 4.90 Å². The molecular weight excluding hydrogens is 484 g/mol. The summed E-state index contributed by atoms with van der Waals surface area (Å²) in [5.41, 5.74) is 2.48. The molecule has 5 rings (SSSR count). The molecule has 1 atom stereocenters. The number of hydrogen-bond donors (Lipinski definition) is 1. The Kier molecular flexibility index (Phi) is 7.10. The molecule has 1 N–H and O–H groups in total. The zero-order chi connectivity index (χ0) is 25.1. The van der Waals surface area contributed by atoms with Crippen LogP contribution in [-0.2, 0) is 26.0 Å². The summed E-state index contributed by atoms with van der Waals surface area (Å²) in [5.74, 6) is -0.326. The van der Waals surface area contributed by atoms with E-state index in [2.05, 4.69) is 4.90 Å². The lowest BCUT2D eigenvalue weighted by molar-refractivity contribution is -0.142. The first-order valence-electron chi connectivity index (χ1n) is 11.9. The molecule has 1 fully saturated rings. The highest BCUT2D eigenvalue weighted by atomic mass is 32.2. The van der Waals surface area contributed by atoms with Crippen molar-refractivity contribution in [2.75, 3.05) is 46.0 Å². The Morgan fingerprint density at radius 1 is 0.972 bits per heavy atom. The lowest BCUT2D eigenvalue weighted by atomic mass is 10.0. The first-order chi connectivity index (χ1) is 17.4. The number of carbonyl (C=O) groups is 1. The highest BCUT2D eigenvalue weighted by molar-refractivity contribution is 7.89. The SMILES string of the molecule is O=C(O)C1c2occc2CCN1S(=O)(=O)c1ccc(-c2ccc(OCCN3CCOCC3)cc2)cc1. The number of nitrogens with zero attached hydrogens (tertiary/aromatic N) is 2. The van der Waals surface area contributed by atoms with Gasteiger partial charge in [0.25, 0.3) is 0 Å². The van der Waals surface area contributed by atoms with E-state index in [4.69, 9.17) is 13.9 Å². The number of furan rings is 1. The topological polar surface area (TPSA) is 110 Å². The summed E-state index contributed by atoms with van der Waals surface area (Å²) in [6.45, 7) is 4.89. The molecule has 1 saturated heterocycles. The summed E-state index contributed by atoms with van der Waals surface area (Å²) in [7, 11) is -4.04. The van der Waals surface area contributed by atoms with Crippen LogP contribution in [0.2, 0.25) is 0 Å². The van der Waals surface area contributed by atoms with E-state index in [1.54, 1.807) is 18.2 Å². The number of sulfonamides is 1. The minimum atomic E-state index is -4.04. The van der Waals surface area contributed by atoms with Gasteiger partial charge in [-0.1, -0.05) is 24.3 Å². The van der Waals surface area contributed by atoms with Gasteiger partial charge in [-0.05, 0) is 53.4 Å². The van der Waals surface area contributed by atoms with Gasteiger partial charge in [-0.2, -0.15) is 4.31 Å². The minimum Gasteiger partial charge on any atom is -0.492 e. The van der Waals surface area contributed by atoms with E-state index in [-0.39, 0.29) is 17.2 Å². The Morgan fingerprint density at radius 2 is 1.64 bits per heavy atom. The van der Waals surface area contributed by atoms with Crippen molar-refractivity contribution in [3.63, 3.8) is 0 Å². The fraction of sp³-hybridized carbons (Fsp3) is 0.346. The molecule has 2 aromatic carbocycles. The van der Waals surface area contributed by atoms with Crippen molar-refractivity contribution in [3.8, 4) is 16.9 Å². The molecular formula is C26H28N2O7S. The molecule has 0 amide bonds. The van der Waals surface area contributed by atoms with Crippen LogP contribution in [0.5, 0.6) is 5.75 Å². The Balaban J connectivity index is 1.26. The fourth-order valence-electron chi connectivity index (χ4n) is 4.59. The molecule has 2 aliphatic rings. The van der Waals surface area contributed by atoms with E-state index in [1.165, 1.54) is 18.4 Å². The predicted molar refractivity (Wildman–Crippen MR) is 131 cm³/mol. The highest BCUT2D eigenvalue weighted by Crippen LogP contribution is 2.35. The second-order valence-corrected chi connectivity index (χ2v) is 10.7.